The number of H-pyrrole nitrogens is 1. The van der Waals surface area contributed by atoms with Crippen LogP contribution in [-0.2, 0) is 17.5 Å². The molecular formula is C22H23F3N4O3S. The number of benzene rings is 2. The number of halogens is 3. The number of aliphatic hydroxyl groups excluding tert-OH is 1. The van der Waals surface area contributed by atoms with Gasteiger partial charge in [0.25, 0.3) is 0 Å². The van der Waals surface area contributed by atoms with Crippen LogP contribution in [0.1, 0.15) is 17.5 Å². The number of nitrogens with zero attached hydrogens (tertiary/aromatic N) is 2. The van der Waals surface area contributed by atoms with Crippen LogP contribution in [0.15, 0.2) is 48.5 Å². The summed E-state index contributed by atoms with van der Waals surface area (Å²) in [6.07, 6.45) is -5.35. The number of carbonyl (C=O) groups is 1. The van der Waals surface area contributed by atoms with E-state index >= 15 is 0 Å². The Morgan fingerprint density at radius 1 is 1.21 bits per heavy atom. The van der Waals surface area contributed by atoms with E-state index in [0.717, 1.165) is 23.3 Å². The molecule has 7 nitrogen and oxygen atoms in total. The maximum Gasteiger partial charge on any atom is 0.416 e. The fourth-order valence-electron chi connectivity index (χ4n) is 2.97. The Morgan fingerprint density at radius 2 is 1.88 bits per heavy atom. The van der Waals surface area contributed by atoms with Crippen molar-refractivity contribution in [2.24, 2.45) is 0 Å². The van der Waals surface area contributed by atoms with Crippen LogP contribution in [0, 0.1) is 11.7 Å². The summed E-state index contributed by atoms with van der Waals surface area (Å²) < 4.78 is 45.1. The molecule has 1 atom stereocenters. The number of amides is 1. The normalized spacial score (nSPS) is 12.4. The van der Waals surface area contributed by atoms with Gasteiger partial charge in [-0.3, -0.25) is 14.5 Å². The number of aryl methyl sites for hydroxylation is 1. The summed E-state index contributed by atoms with van der Waals surface area (Å²) in [5, 5.41) is 19.6. The van der Waals surface area contributed by atoms with Crippen LogP contribution in [0.5, 0.6) is 5.75 Å². The van der Waals surface area contributed by atoms with Crippen LogP contribution < -0.4 is 10.1 Å². The van der Waals surface area contributed by atoms with Crippen molar-refractivity contribution in [3.63, 3.8) is 0 Å². The molecule has 0 radical (unpaired) electrons. The van der Waals surface area contributed by atoms with E-state index in [1.165, 1.54) is 12.1 Å². The van der Waals surface area contributed by atoms with E-state index < -0.39 is 17.8 Å². The van der Waals surface area contributed by atoms with Crippen molar-refractivity contribution in [3.05, 3.63) is 64.4 Å². The highest BCUT2D eigenvalue weighted by Gasteiger charge is 2.30. The van der Waals surface area contributed by atoms with Gasteiger partial charge in [-0.2, -0.15) is 18.3 Å². The lowest BCUT2D eigenvalue weighted by Crippen LogP contribution is -2.35. The first-order chi connectivity index (χ1) is 15.6. The molecule has 11 heteroatoms. The molecule has 1 amide bonds. The summed E-state index contributed by atoms with van der Waals surface area (Å²) in [5.41, 5.74) is 1.19. The van der Waals surface area contributed by atoms with E-state index in [1.807, 2.05) is 31.2 Å². The molecule has 0 unspecified atom stereocenters. The third-order valence-corrected chi connectivity index (χ3v) is 5.10. The number of aliphatic hydroxyl groups is 1. The largest absolute Gasteiger partial charge is 0.491 e. The van der Waals surface area contributed by atoms with Crippen molar-refractivity contribution in [2.75, 3.05) is 13.2 Å². The van der Waals surface area contributed by atoms with Crippen molar-refractivity contribution in [1.29, 1.82) is 0 Å². The minimum Gasteiger partial charge on any atom is -0.491 e. The maximum atomic E-state index is 12.6. The minimum atomic E-state index is -4.43. The second-order valence-corrected chi connectivity index (χ2v) is 7.80. The number of carbonyl (C=O) groups excluding carboxylic acids is 1. The Morgan fingerprint density at radius 3 is 2.52 bits per heavy atom. The lowest BCUT2D eigenvalue weighted by atomic mass is 10.1. The molecule has 0 fully saturated rings. The quantitative estimate of drug-likeness (QED) is 0.405. The molecule has 3 aromatic rings. The molecule has 3 rings (SSSR count). The predicted molar refractivity (Wildman–Crippen MR) is 118 cm³/mol. The van der Waals surface area contributed by atoms with Gasteiger partial charge < -0.3 is 15.2 Å². The maximum absolute atomic E-state index is 12.6. The number of nitrogens with one attached hydrogen (secondary N) is 2. The Kier molecular flexibility index (Phi) is 7.88. The van der Waals surface area contributed by atoms with E-state index in [4.69, 9.17) is 17.0 Å². The van der Waals surface area contributed by atoms with E-state index in [-0.39, 0.29) is 31.2 Å². The number of ether oxygens (including phenoxy) is 1. The number of aromatic nitrogens is 3. The van der Waals surface area contributed by atoms with Crippen LogP contribution in [0.3, 0.4) is 0 Å². The van der Waals surface area contributed by atoms with E-state index in [1.54, 1.807) is 4.57 Å². The van der Waals surface area contributed by atoms with Gasteiger partial charge in [-0.05, 0) is 43.4 Å². The Hall–Kier alpha value is -3.18. The second kappa shape index (κ2) is 10.6. The molecule has 33 heavy (non-hydrogen) atoms. The van der Waals surface area contributed by atoms with E-state index in [0.29, 0.717) is 17.1 Å². The first kappa shape index (κ1) is 24.5. The fourth-order valence-corrected chi connectivity index (χ4v) is 3.20. The molecule has 1 aromatic heterocycles. The lowest BCUT2D eigenvalue weighted by molar-refractivity contribution is -0.137. The molecule has 0 aliphatic heterocycles. The monoisotopic (exact) mass is 480 g/mol. The zero-order valence-electron chi connectivity index (χ0n) is 17.7. The predicted octanol–water partition coefficient (Wildman–Crippen LogP) is 3.88. The van der Waals surface area contributed by atoms with Crippen molar-refractivity contribution in [2.45, 2.75) is 32.2 Å². The summed E-state index contributed by atoms with van der Waals surface area (Å²) in [4.78, 5) is 12.2. The van der Waals surface area contributed by atoms with Crippen LogP contribution in [0.4, 0.5) is 13.2 Å². The summed E-state index contributed by atoms with van der Waals surface area (Å²) in [6.45, 7) is 2.02. The van der Waals surface area contributed by atoms with E-state index in [9.17, 15) is 23.1 Å². The van der Waals surface area contributed by atoms with Crippen LogP contribution in [-0.4, -0.2) is 45.0 Å². The number of aromatic amines is 1. The summed E-state index contributed by atoms with van der Waals surface area (Å²) in [5.74, 6) is 0.505. The molecule has 2 aromatic carbocycles. The fraction of sp³-hybridized carbons (Fsp3) is 0.318. The smallest absolute Gasteiger partial charge is 0.416 e. The molecule has 0 spiro atoms. The summed E-state index contributed by atoms with van der Waals surface area (Å²) in [6, 6.07) is 11.9. The minimum absolute atomic E-state index is 0.0684. The molecule has 1 heterocycles. The topological polar surface area (TPSA) is 92.2 Å². The standard InChI is InChI=1S/C22H23F3N4O3S/c1-14-2-4-15(5-3-14)20-27-28-21(33)29(20)11-10-19(31)26-12-17(30)13-32-18-8-6-16(7-9-18)22(23,24)25/h2-9,17,30H,10-13H2,1H3,(H,26,31)(H,28,33)/t17-/m1/s1. The van der Waals surface area contributed by atoms with Crippen molar-refractivity contribution < 1.29 is 27.8 Å². The van der Waals surface area contributed by atoms with Crippen molar-refractivity contribution in [1.82, 2.24) is 20.1 Å². The van der Waals surface area contributed by atoms with Gasteiger partial charge in [0.15, 0.2) is 10.6 Å². The van der Waals surface area contributed by atoms with Gasteiger partial charge in [0, 0.05) is 25.1 Å². The average Bonchev–Trinajstić information content (AvgIpc) is 3.15. The second-order valence-electron chi connectivity index (χ2n) is 7.41. The third-order valence-electron chi connectivity index (χ3n) is 4.79. The van der Waals surface area contributed by atoms with Gasteiger partial charge in [-0.1, -0.05) is 29.8 Å². The highest BCUT2D eigenvalue weighted by atomic mass is 32.1. The van der Waals surface area contributed by atoms with Gasteiger partial charge >= 0.3 is 6.18 Å². The lowest BCUT2D eigenvalue weighted by Gasteiger charge is -2.14. The van der Waals surface area contributed by atoms with Gasteiger partial charge in [0.2, 0.25) is 5.91 Å². The van der Waals surface area contributed by atoms with Gasteiger partial charge in [0.1, 0.15) is 18.5 Å². The van der Waals surface area contributed by atoms with Gasteiger partial charge in [0.05, 0.1) is 5.56 Å². The molecule has 0 saturated carbocycles. The van der Waals surface area contributed by atoms with Crippen LogP contribution >= 0.6 is 12.2 Å². The Bertz CT molecular complexity index is 1130. The molecule has 0 aliphatic rings. The first-order valence-corrected chi connectivity index (χ1v) is 10.5. The van der Waals surface area contributed by atoms with Crippen molar-refractivity contribution in [3.8, 4) is 17.1 Å². The van der Waals surface area contributed by atoms with E-state index in [2.05, 4.69) is 15.5 Å². The van der Waals surface area contributed by atoms with Gasteiger partial charge in [-0.25, -0.2) is 0 Å². The highest BCUT2D eigenvalue weighted by Crippen LogP contribution is 2.30. The molecule has 0 saturated heterocycles. The Labute approximate surface area is 193 Å². The molecule has 0 aliphatic carbocycles. The molecule has 3 N–H and O–H groups in total. The Balaban J connectivity index is 1.45. The molecular weight excluding hydrogens is 457 g/mol. The number of rotatable bonds is 9. The van der Waals surface area contributed by atoms with Crippen molar-refractivity contribution >= 4 is 18.1 Å². The summed E-state index contributed by atoms with van der Waals surface area (Å²) in [7, 11) is 0. The number of hydrogen-bond acceptors (Lipinski definition) is 5. The first-order valence-electron chi connectivity index (χ1n) is 10.1. The van der Waals surface area contributed by atoms with Gasteiger partial charge in [-0.15, -0.1) is 0 Å². The molecule has 176 valence electrons. The zero-order chi connectivity index (χ0) is 24.0. The average molecular weight is 481 g/mol. The number of hydrogen-bond donors (Lipinski definition) is 3. The molecule has 0 bridgehead atoms. The van der Waals surface area contributed by atoms with Crippen LogP contribution in [0.25, 0.3) is 11.4 Å². The van der Waals surface area contributed by atoms with Crippen LogP contribution in [0.2, 0.25) is 0 Å². The highest BCUT2D eigenvalue weighted by molar-refractivity contribution is 7.71. The zero-order valence-corrected chi connectivity index (χ0v) is 18.5. The summed E-state index contributed by atoms with van der Waals surface area (Å²) >= 11 is 5.26. The SMILES string of the molecule is Cc1ccc(-c2n[nH]c(=S)n2CCC(=O)NC[C@@H](O)COc2ccc(C(F)(F)F)cc2)cc1. The number of alkyl halides is 3. The third kappa shape index (κ3) is 6.90.